The molecule has 0 unspecified atom stereocenters. The fourth-order valence-corrected chi connectivity index (χ4v) is 4.28. The Kier molecular flexibility index (Phi) is 6.70. The molecule has 1 aliphatic heterocycles. The summed E-state index contributed by atoms with van der Waals surface area (Å²) < 4.78 is 0. The summed E-state index contributed by atoms with van der Waals surface area (Å²) in [7, 11) is 0. The Hall–Kier alpha value is -3.48. The minimum absolute atomic E-state index is 0.188. The molecule has 7 heteroatoms. The molecule has 0 aliphatic carbocycles. The number of benzene rings is 2. The summed E-state index contributed by atoms with van der Waals surface area (Å²) in [4.78, 5) is 26.6. The second kappa shape index (κ2) is 10.2. The van der Waals surface area contributed by atoms with E-state index in [4.69, 9.17) is 16.6 Å². The van der Waals surface area contributed by atoms with Gasteiger partial charge in [0.15, 0.2) is 0 Å². The molecule has 1 amide bonds. The zero-order chi connectivity index (χ0) is 23.3. The maximum absolute atomic E-state index is 12.5. The highest BCUT2D eigenvalue weighted by atomic mass is 35.5. The van der Waals surface area contributed by atoms with Crippen LogP contribution >= 0.6 is 11.6 Å². The number of piperazine rings is 1. The number of aromatic nitrogens is 2. The Balaban J connectivity index is 1.20. The first-order valence-corrected chi connectivity index (χ1v) is 11.8. The molecule has 2 aromatic carbocycles. The molecule has 0 bridgehead atoms. The number of hydrogen-bond donors (Lipinski definition) is 1. The van der Waals surface area contributed by atoms with Crippen molar-refractivity contribution in [3.05, 3.63) is 101 Å². The van der Waals surface area contributed by atoms with Gasteiger partial charge in [-0.3, -0.25) is 9.69 Å². The van der Waals surface area contributed by atoms with E-state index in [1.54, 1.807) is 6.07 Å². The van der Waals surface area contributed by atoms with Crippen molar-refractivity contribution in [3.63, 3.8) is 0 Å². The highest BCUT2D eigenvalue weighted by molar-refractivity contribution is 6.30. The standard InChI is InChI=1S/C27H26ClN5O/c28-22-8-6-21(7-9-22)19-32-14-16-33(17-15-32)26-13-12-23-24(31-26)10-11-25(30-23)27(34)29-18-20-4-2-1-3-5-20/h1-13H,14-19H2,(H,29,34). The average molecular weight is 472 g/mol. The van der Waals surface area contributed by atoms with Crippen molar-refractivity contribution in [1.29, 1.82) is 0 Å². The largest absolute Gasteiger partial charge is 0.354 e. The van der Waals surface area contributed by atoms with E-state index < -0.39 is 0 Å². The Morgan fingerprint density at radius 2 is 1.50 bits per heavy atom. The molecule has 1 aliphatic rings. The minimum Gasteiger partial charge on any atom is -0.354 e. The quantitative estimate of drug-likeness (QED) is 0.447. The van der Waals surface area contributed by atoms with Gasteiger partial charge in [0.25, 0.3) is 5.91 Å². The third kappa shape index (κ3) is 5.35. The number of nitrogens with zero attached hydrogens (tertiary/aromatic N) is 4. The smallest absolute Gasteiger partial charge is 0.270 e. The van der Waals surface area contributed by atoms with E-state index in [2.05, 4.69) is 32.2 Å². The number of carbonyl (C=O) groups excluding carboxylic acids is 1. The summed E-state index contributed by atoms with van der Waals surface area (Å²) in [5.74, 6) is 0.758. The van der Waals surface area contributed by atoms with E-state index in [1.165, 1.54) is 5.56 Å². The summed E-state index contributed by atoms with van der Waals surface area (Å²) in [6, 6.07) is 25.5. The van der Waals surface area contributed by atoms with Gasteiger partial charge in [-0.1, -0.05) is 54.1 Å². The Morgan fingerprint density at radius 3 is 2.26 bits per heavy atom. The Labute approximate surface area is 204 Å². The van der Waals surface area contributed by atoms with E-state index in [9.17, 15) is 4.79 Å². The molecule has 1 fully saturated rings. The van der Waals surface area contributed by atoms with Gasteiger partial charge in [0.1, 0.15) is 11.5 Å². The van der Waals surface area contributed by atoms with Crippen molar-refractivity contribution >= 4 is 34.4 Å². The summed E-state index contributed by atoms with van der Waals surface area (Å²) >= 11 is 5.99. The second-order valence-corrected chi connectivity index (χ2v) is 8.90. The monoisotopic (exact) mass is 471 g/mol. The summed E-state index contributed by atoms with van der Waals surface area (Å²) in [5, 5.41) is 3.69. The van der Waals surface area contributed by atoms with Crippen LogP contribution in [0.3, 0.4) is 0 Å². The second-order valence-electron chi connectivity index (χ2n) is 8.46. The normalized spacial score (nSPS) is 14.3. The van der Waals surface area contributed by atoms with Crippen LogP contribution in [0, 0.1) is 0 Å². The van der Waals surface area contributed by atoms with E-state index in [0.29, 0.717) is 12.2 Å². The third-order valence-electron chi connectivity index (χ3n) is 6.07. The van der Waals surface area contributed by atoms with E-state index in [1.807, 2.05) is 60.7 Å². The van der Waals surface area contributed by atoms with E-state index in [0.717, 1.165) is 60.2 Å². The van der Waals surface area contributed by atoms with Crippen LogP contribution in [0.2, 0.25) is 5.02 Å². The molecule has 1 N–H and O–H groups in total. The summed E-state index contributed by atoms with van der Waals surface area (Å²) in [6.45, 7) is 5.18. The summed E-state index contributed by atoms with van der Waals surface area (Å²) in [5.41, 5.74) is 4.24. The van der Waals surface area contributed by atoms with Gasteiger partial charge >= 0.3 is 0 Å². The molecule has 34 heavy (non-hydrogen) atoms. The van der Waals surface area contributed by atoms with Crippen LogP contribution in [0.1, 0.15) is 21.6 Å². The van der Waals surface area contributed by atoms with Crippen LogP contribution in [0.25, 0.3) is 11.0 Å². The molecule has 5 rings (SSSR count). The summed E-state index contributed by atoms with van der Waals surface area (Å²) in [6.07, 6.45) is 0. The molecule has 0 saturated carbocycles. The maximum Gasteiger partial charge on any atom is 0.270 e. The van der Waals surface area contributed by atoms with Crippen LogP contribution in [0.5, 0.6) is 0 Å². The fraction of sp³-hybridized carbons (Fsp3) is 0.222. The first kappa shape index (κ1) is 22.3. The van der Waals surface area contributed by atoms with Crippen molar-refractivity contribution in [2.24, 2.45) is 0 Å². The zero-order valence-electron chi connectivity index (χ0n) is 18.8. The number of nitrogens with one attached hydrogen (secondary N) is 1. The fourth-order valence-electron chi connectivity index (χ4n) is 4.15. The number of halogens is 1. The highest BCUT2D eigenvalue weighted by Gasteiger charge is 2.19. The van der Waals surface area contributed by atoms with E-state index >= 15 is 0 Å². The van der Waals surface area contributed by atoms with Gasteiger partial charge in [-0.2, -0.15) is 0 Å². The van der Waals surface area contributed by atoms with Crippen molar-refractivity contribution in [2.75, 3.05) is 31.1 Å². The number of fused-ring (bicyclic) bond motifs is 1. The van der Waals surface area contributed by atoms with Crippen LogP contribution in [-0.4, -0.2) is 47.0 Å². The lowest BCUT2D eigenvalue weighted by molar-refractivity contribution is 0.0946. The van der Waals surface area contributed by atoms with Crippen molar-refractivity contribution < 1.29 is 4.79 Å². The van der Waals surface area contributed by atoms with Gasteiger partial charge in [-0.05, 0) is 47.5 Å². The van der Waals surface area contributed by atoms with Gasteiger partial charge in [-0.15, -0.1) is 0 Å². The molecular formula is C27H26ClN5O. The molecule has 0 radical (unpaired) electrons. The molecular weight excluding hydrogens is 446 g/mol. The number of anilines is 1. The van der Waals surface area contributed by atoms with E-state index in [-0.39, 0.29) is 5.91 Å². The highest BCUT2D eigenvalue weighted by Crippen LogP contribution is 2.20. The molecule has 6 nitrogen and oxygen atoms in total. The van der Waals surface area contributed by atoms with Crippen LogP contribution in [0.15, 0.2) is 78.9 Å². The van der Waals surface area contributed by atoms with Crippen LogP contribution in [-0.2, 0) is 13.1 Å². The Morgan fingerprint density at radius 1 is 0.794 bits per heavy atom. The van der Waals surface area contributed by atoms with Gasteiger partial charge in [0.05, 0.1) is 11.0 Å². The lowest BCUT2D eigenvalue weighted by Crippen LogP contribution is -2.46. The van der Waals surface area contributed by atoms with Gasteiger partial charge in [-0.25, -0.2) is 9.97 Å². The molecule has 0 atom stereocenters. The predicted octanol–water partition coefficient (Wildman–Crippen LogP) is 4.54. The lowest BCUT2D eigenvalue weighted by atomic mass is 10.2. The zero-order valence-corrected chi connectivity index (χ0v) is 19.6. The predicted molar refractivity (Wildman–Crippen MR) is 136 cm³/mol. The van der Waals surface area contributed by atoms with Gasteiger partial charge < -0.3 is 10.2 Å². The molecule has 3 heterocycles. The first-order chi connectivity index (χ1) is 16.6. The molecule has 2 aromatic heterocycles. The van der Waals surface area contributed by atoms with Crippen molar-refractivity contribution in [2.45, 2.75) is 13.1 Å². The maximum atomic E-state index is 12.5. The SMILES string of the molecule is O=C(NCc1ccccc1)c1ccc2nc(N3CCN(Cc4ccc(Cl)cc4)CC3)ccc2n1. The third-order valence-corrected chi connectivity index (χ3v) is 6.32. The number of pyridine rings is 2. The molecule has 1 saturated heterocycles. The lowest BCUT2D eigenvalue weighted by Gasteiger charge is -2.35. The number of hydrogen-bond acceptors (Lipinski definition) is 5. The molecule has 0 spiro atoms. The van der Waals surface area contributed by atoms with Gasteiger partial charge in [0, 0.05) is 44.3 Å². The van der Waals surface area contributed by atoms with Crippen LogP contribution in [0.4, 0.5) is 5.82 Å². The number of rotatable bonds is 6. The average Bonchev–Trinajstić information content (AvgIpc) is 2.89. The van der Waals surface area contributed by atoms with Gasteiger partial charge in [0.2, 0.25) is 0 Å². The van der Waals surface area contributed by atoms with Crippen molar-refractivity contribution in [1.82, 2.24) is 20.2 Å². The molecule has 4 aromatic rings. The number of carbonyl (C=O) groups is 1. The van der Waals surface area contributed by atoms with Crippen molar-refractivity contribution in [3.8, 4) is 0 Å². The number of amides is 1. The first-order valence-electron chi connectivity index (χ1n) is 11.5. The molecule has 172 valence electrons. The minimum atomic E-state index is -0.188. The van der Waals surface area contributed by atoms with Crippen LogP contribution < -0.4 is 10.2 Å². The topological polar surface area (TPSA) is 61.4 Å². The Bertz CT molecular complexity index is 1270.